The molecule has 100 valence electrons. The lowest BCUT2D eigenvalue weighted by atomic mass is 10.3. The SMILES string of the molecule is COCCOc1cc(C(=O)O)nn1-c1ccccc1. The van der Waals surface area contributed by atoms with E-state index in [1.807, 2.05) is 30.3 Å². The van der Waals surface area contributed by atoms with E-state index in [4.69, 9.17) is 14.6 Å². The Morgan fingerprint density at radius 1 is 1.32 bits per heavy atom. The lowest BCUT2D eigenvalue weighted by Crippen LogP contribution is -2.08. The predicted octanol–water partition coefficient (Wildman–Crippen LogP) is 1.60. The molecule has 0 atom stereocenters. The van der Waals surface area contributed by atoms with Crippen LogP contribution in [0.1, 0.15) is 10.5 Å². The first-order valence-electron chi connectivity index (χ1n) is 5.73. The Balaban J connectivity index is 2.32. The van der Waals surface area contributed by atoms with E-state index < -0.39 is 5.97 Å². The molecule has 0 saturated heterocycles. The zero-order chi connectivity index (χ0) is 13.7. The average Bonchev–Trinajstić information content (AvgIpc) is 2.84. The maximum atomic E-state index is 11.0. The molecule has 0 bridgehead atoms. The van der Waals surface area contributed by atoms with Crippen LogP contribution >= 0.6 is 0 Å². The monoisotopic (exact) mass is 262 g/mol. The second-order valence-corrected chi connectivity index (χ2v) is 3.76. The van der Waals surface area contributed by atoms with Gasteiger partial charge in [-0.05, 0) is 12.1 Å². The summed E-state index contributed by atoms with van der Waals surface area (Å²) in [6.45, 7) is 0.746. The number of hydrogen-bond donors (Lipinski definition) is 1. The van der Waals surface area contributed by atoms with Crippen LogP contribution in [0.25, 0.3) is 5.69 Å². The molecule has 6 nitrogen and oxygen atoms in total. The molecular weight excluding hydrogens is 248 g/mol. The van der Waals surface area contributed by atoms with Gasteiger partial charge >= 0.3 is 5.97 Å². The second kappa shape index (κ2) is 6.01. The molecule has 0 spiro atoms. The summed E-state index contributed by atoms with van der Waals surface area (Å²) in [6, 6.07) is 10.6. The molecular formula is C13H14N2O4. The molecule has 6 heteroatoms. The van der Waals surface area contributed by atoms with Gasteiger partial charge < -0.3 is 14.6 Å². The van der Waals surface area contributed by atoms with E-state index >= 15 is 0 Å². The van der Waals surface area contributed by atoms with Gasteiger partial charge in [0.1, 0.15) is 6.61 Å². The number of carboxylic acids is 1. The molecule has 0 radical (unpaired) electrons. The Morgan fingerprint density at radius 2 is 2.05 bits per heavy atom. The molecule has 1 heterocycles. The quantitative estimate of drug-likeness (QED) is 0.800. The van der Waals surface area contributed by atoms with Crippen LogP contribution in [0.4, 0.5) is 0 Å². The van der Waals surface area contributed by atoms with Crippen LogP contribution in [0.3, 0.4) is 0 Å². The van der Waals surface area contributed by atoms with Crippen LogP contribution in [-0.4, -0.2) is 41.2 Å². The van der Waals surface area contributed by atoms with Crippen LogP contribution in [0.2, 0.25) is 0 Å². The van der Waals surface area contributed by atoms with Crippen molar-refractivity contribution in [3.63, 3.8) is 0 Å². The van der Waals surface area contributed by atoms with E-state index in [-0.39, 0.29) is 5.69 Å². The normalized spacial score (nSPS) is 10.4. The Morgan fingerprint density at radius 3 is 2.68 bits per heavy atom. The van der Waals surface area contributed by atoms with E-state index in [0.717, 1.165) is 5.69 Å². The minimum atomic E-state index is -1.09. The number of para-hydroxylation sites is 1. The maximum absolute atomic E-state index is 11.0. The van der Waals surface area contributed by atoms with Crippen molar-refractivity contribution in [3.05, 3.63) is 42.1 Å². The molecule has 1 aromatic heterocycles. The van der Waals surface area contributed by atoms with Gasteiger partial charge in [-0.15, -0.1) is 0 Å². The van der Waals surface area contributed by atoms with Crippen molar-refractivity contribution in [3.8, 4) is 11.6 Å². The number of aromatic carboxylic acids is 1. The number of carboxylic acid groups (broad SMARTS) is 1. The Hall–Kier alpha value is -2.34. The molecule has 2 aromatic rings. The highest BCUT2D eigenvalue weighted by Gasteiger charge is 2.15. The molecule has 1 N–H and O–H groups in total. The van der Waals surface area contributed by atoms with Crippen molar-refractivity contribution in [1.29, 1.82) is 0 Å². The zero-order valence-corrected chi connectivity index (χ0v) is 10.4. The Bertz CT molecular complexity index is 551. The second-order valence-electron chi connectivity index (χ2n) is 3.76. The molecule has 0 amide bonds. The largest absolute Gasteiger partial charge is 0.476 e. The van der Waals surface area contributed by atoms with Crippen LogP contribution in [0.5, 0.6) is 5.88 Å². The highest BCUT2D eigenvalue weighted by Crippen LogP contribution is 2.19. The molecule has 19 heavy (non-hydrogen) atoms. The van der Waals surface area contributed by atoms with Gasteiger partial charge in [0.2, 0.25) is 5.88 Å². The lowest BCUT2D eigenvalue weighted by Gasteiger charge is -2.08. The molecule has 1 aromatic carbocycles. The van der Waals surface area contributed by atoms with E-state index in [1.165, 1.54) is 10.7 Å². The summed E-state index contributed by atoms with van der Waals surface area (Å²) >= 11 is 0. The minimum Gasteiger partial charge on any atom is -0.476 e. The summed E-state index contributed by atoms with van der Waals surface area (Å²) in [5.74, 6) is -0.716. The number of aromatic nitrogens is 2. The molecule has 0 aliphatic heterocycles. The number of hydrogen-bond acceptors (Lipinski definition) is 4. The first-order chi connectivity index (χ1) is 9.22. The first kappa shape index (κ1) is 13.1. The van der Waals surface area contributed by atoms with Gasteiger partial charge in [0.15, 0.2) is 5.69 Å². The van der Waals surface area contributed by atoms with Crippen molar-refractivity contribution < 1.29 is 19.4 Å². The summed E-state index contributed by atoms with van der Waals surface area (Å²) in [7, 11) is 1.57. The van der Waals surface area contributed by atoms with Crippen molar-refractivity contribution in [2.75, 3.05) is 20.3 Å². The topological polar surface area (TPSA) is 73.6 Å². The number of ether oxygens (including phenoxy) is 2. The number of methoxy groups -OCH3 is 1. The summed E-state index contributed by atoms with van der Waals surface area (Å²) in [5, 5.41) is 13.0. The van der Waals surface area contributed by atoms with Crippen molar-refractivity contribution in [2.45, 2.75) is 0 Å². The summed E-state index contributed by atoms with van der Waals surface area (Å²) in [5.41, 5.74) is 0.679. The van der Waals surface area contributed by atoms with Gasteiger partial charge in [0.05, 0.1) is 12.3 Å². The zero-order valence-electron chi connectivity index (χ0n) is 10.4. The van der Waals surface area contributed by atoms with Gasteiger partial charge in [-0.25, -0.2) is 9.48 Å². The fraction of sp³-hybridized carbons (Fsp3) is 0.231. The summed E-state index contributed by atoms with van der Waals surface area (Å²) in [6.07, 6.45) is 0. The molecule has 0 fully saturated rings. The fourth-order valence-electron chi connectivity index (χ4n) is 1.56. The molecule has 0 unspecified atom stereocenters. The Labute approximate surface area is 110 Å². The number of benzene rings is 1. The first-order valence-corrected chi connectivity index (χ1v) is 5.73. The van der Waals surface area contributed by atoms with E-state index in [0.29, 0.717) is 19.1 Å². The van der Waals surface area contributed by atoms with Crippen molar-refractivity contribution >= 4 is 5.97 Å². The number of carbonyl (C=O) groups is 1. The van der Waals surface area contributed by atoms with E-state index in [9.17, 15) is 4.79 Å². The number of rotatable bonds is 6. The lowest BCUT2D eigenvalue weighted by molar-refractivity contribution is 0.0690. The molecule has 0 aliphatic carbocycles. The minimum absolute atomic E-state index is 0.0590. The van der Waals surface area contributed by atoms with Crippen LogP contribution in [0, 0.1) is 0 Å². The highest BCUT2D eigenvalue weighted by molar-refractivity contribution is 5.85. The summed E-state index contributed by atoms with van der Waals surface area (Å²) in [4.78, 5) is 11.0. The third-order valence-corrected chi connectivity index (χ3v) is 2.43. The Kier molecular flexibility index (Phi) is 4.15. The molecule has 0 saturated carbocycles. The summed E-state index contributed by atoms with van der Waals surface area (Å²) < 4.78 is 11.8. The number of nitrogens with zero attached hydrogens (tertiary/aromatic N) is 2. The van der Waals surface area contributed by atoms with Crippen molar-refractivity contribution in [2.24, 2.45) is 0 Å². The van der Waals surface area contributed by atoms with Gasteiger partial charge in [0.25, 0.3) is 0 Å². The van der Waals surface area contributed by atoms with Gasteiger partial charge in [-0.2, -0.15) is 5.10 Å². The third-order valence-electron chi connectivity index (χ3n) is 2.43. The maximum Gasteiger partial charge on any atom is 0.356 e. The van der Waals surface area contributed by atoms with E-state index in [1.54, 1.807) is 7.11 Å². The fourth-order valence-corrected chi connectivity index (χ4v) is 1.56. The van der Waals surface area contributed by atoms with Gasteiger partial charge in [-0.1, -0.05) is 18.2 Å². The van der Waals surface area contributed by atoms with Gasteiger partial charge in [0, 0.05) is 13.2 Å². The molecule has 2 rings (SSSR count). The standard InChI is InChI=1S/C13H14N2O4/c1-18-7-8-19-12-9-11(13(16)17)14-15(12)10-5-3-2-4-6-10/h2-6,9H,7-8H2,1H3,(H,16,17). The third kappa shape index (κ3) is 3.11. The van der Waals surface area contributed by atoms with Crippen LogP contribution < -0.4 is 4.74 Å². The smallest absolute Gasteiger partial charge is 0.356 e. The highest BCUT2D eigenvalue weighted by atomic mass is 16.5. The van der Waals surface area contributed by atoms with Gasteiger partial charge in [-0.3, -0.25) is 0 Å². The van der Waals surface area contributed by atoms with Crippen molar-refractivity contribution in [1.82, 2.24) is 9.78 Å². The molecule has 0 aliphatic rings. The van der Waals surface area contributed by atoms with Crippen LogP contribution in [0.15, 0.2) is 36.4 Å². The van der Waals surface area contributed by atoms with Crippen LogP contribution in [-0.2, 0) is 4.74 Å². The van der Waals surface area contributed by atoms with E-state index in [2.05, 4.69) is 5.10 Å². The predicted molar refractivity (Wildman–Crippen MR) is 67.9 cm³/mol. The average molecular weight is 262 g/mol.